The van der Waals surface area contributed by atoms with E-state index in [9.17, 15) is 9.59 Å². The van der Waals surface area contributed by atoms with E-state index in [1.54, 1.807) is 30.5 Å². The largest absolute Gasteiger partial charge is 0.439 e. The third-order valence-electron chi connectivity index (χ3n) is 7.41. The van der Waals surface area contributed by atoms with Gasteiger partial charge in [0.2, 0.25) is 5.88 Å². The molecule has 13 heteroatoms. The lowest BCUT2D eigenvalue weighted by atomic mass is 10.2. The molecule has 0 aliphatic carbocycles. The van der Waals surface area contributed by atoms with Crippen LogP contribution in [-0.2, 0) is 13.6 Å². The Labute approximate surface area is 291 Å². The Balaban J connectivity index is 0.00000230. The highest BCUT2D eigenvalue weighted by Gasteiger charge is 2.25. The molecule has 1 N–H and O–H groups in total. The summed E-state index contributed by atoms with van der Waals surface area (Å²) in [7, 11) is 1.89. The zero-order valence-corrected chi connectivity index (χ0v) is 29.1. The monoisotopic (exact) mass is 774 g/mol. The second kappa shape index (κ2) is 15.2. The number of nitrogens with zero attached hydrogens (tertiary/aromatic N) is 5. The molecule has 9 nitrogen and oxygen atoms in total. The molecular weight excluding hydrogens is 747 g/mol. The van der Waals surface area contributed by atoms with Gasteiger partial charge in [-0.2, -0.15) is 0 Å². The van der Waals surface area contributed by atoms with Gasteiger partial charge < -0.3 is 19.5 Å². The summed E-state index contributed by atoms with van der Waals surface area (Å²) in [6.07, 6.45) is 3.32. The number of benzene rings is 2. The van der Waals surface area contributed by atoms with E-state index in [2.05, 4.69) is 20.2 Å². The Morgan fingerprint density at radius 2 is 1.69 bits per heavy atom. The first-order valence-corrected chi connectivity index (χ1v) is 14.5. The standard InChI is InChI=1S/C32H28Cl2N6O3.2BrH/c1-38-28-18-25(43-30-10-7-23(19-36-30)37-31(41)22-6-9-26(33)27(34)16-22)8-5-21(28)17-29(38)32(42)40-14-12-39(13-15-40)20-24-4-2-3-11-35-24;;/h2-11,16-19H,12-15,20H2,1H3,(H,37,41);2*1H. The molecule has 0 spiro atoms. The second-order valence-corrected chi connectivity index (χ2v) is 11.1. The van der Waals surface area contributed by atoms with Crippen molar-refractivity contribution in [2.24, 2.45) is 7.05 Å². The first-order chi connectivity index (χ1) is 20.8. The molecule has 2 amide bonds. The highest BCUT2D eigenvalue weighted by Crippen LogP contribution is 2.28. The van der Waals surface area contributed by atoms with E-state index >= 15 is 0 Å². The molecule has 2 aromatic carbocycles. The van der Waals surface area contributed by atoms with Crippen LogP contribution in [-0.4, -0.2) is 62.3 Å². The van der Waals surface area contributed by atoms with Crippen molar-refractivity contribution in [2.75, 3.05) is 31.5 Å². The van der Waals surface area contributed by atoms with Crippen LogP contribution in [0.1, 0.15) is 26.5 Å². The van der Waals surface area contributed by atoms with Gasteiger partial charge in [-0.3, -0.25) is 19.5 Å². The number of amides is 2. The van der Waals surface area contributed by atoms with Gasteiger partial charge in [-0.1, -0.05) is 29.3 Å². The number of nitrogens with one attached hydrogen (secondary N) is 1. The van der Waals surface area contributed by atoms with Crippen molar-refractivity contribution in [1.29, 1.82) is 0 Å². The molecule has 0 unspecified atom stereocenters. The second-order valence-electron chi connectivity index (χ2n) is 10.3. The maximum atomic E-state index is 13.5. The van der Waals surface area contributed by atoms with Gasteiger partial charge in [-0.05, 0) is 54.6 Å². The number of carbonyl (C=O) groups is 2. The first kappa shape index (κ1) is 34.4. The van der Waals surface area contributed by atoms with Crippen molar-refractivity contribution in [3.8, 4) is 11.6 Å². The normalized spacial score (nSPS) is 13.1. The number of piperazine rings is 1. The molecule has 1 saturated heterocycles. The lowest BCUT2D eigenvalue weighted by Crippen LogP contribution is -2.48. The fourth-order valence-corrected chi connectivity index (χ4v) is 5.34. The topological polar surface area (TPSA) is 92.6 Å². The molecule has 234 valence electrons. The van der Waals surface area contributed by atoms with Gasteiger partial charge in [-0.15, -0.1) is 34.0 Å². The van der Waals surface area contributed by atoms with E-state index in [-0.39, 0.29) is 45.8 Å². The average molecular weight is 777 g/mol. The molecule has 1 aliphatic heterocycles. The Hall–Kier alpha value is -3.48. The van der Waals surface area contributed by atoms with Crippen LogP contribution < -0.4 is 10.1 Å². The van der Waals surface area contributed by atoms with Gasteiger partial charge in [0.25, 0.3) is 11.8 Å². The predicted octanol–water partition coefficient (Wildman–Crippen LogP) is 7.43. The number of carbonyl (C=O) groups excluding carboxylic acids is 2. The lowest BCUT2D eigenvalue weighted by molar-refractivity contribution is 0.0618. The van der Waals surface area contributed by atoms with Gasteiger partial charge in [0.05, 0.1) is 33.1 Å². The Kier molecular flexibility index (Phi) is 11.6. The maximum Gasteiger partial charge on any atom is 0.270 e. The summed E-state index contributed by atoms with van der Waals surface area (Å²) >= 11 is 12.0. The van der Waals surface area contributed by atoms with Crippen molar-refractivity contribution in [1.82, 2.24) is 24.3 Å². The number of halogens is 4. The maximum absolute atomic E-state index is 13.5. The molecule has 0 saturated carbocycles. The van der Waals surface area contributed by atoms with Crippen molar-refractivity contribution in [2.45, 2.75) is 6.54 Å². The number of anilines is 1. The molecule has 45 heavy (non-hydrogen) atoms. The zero-order chi connectivity index (χ0) is 29.9. The van der Waals surface area contributed by atoms with Gasteiger partial charge in [0, 0.05) is 69.1 Å². The number of ether oxygens (including phenoxy) is 1. The van der Waals surface area contributed by atoms with Crippen LogP contribution in [0, 0.1) is 0 Å². The fraction of sp³-hybridized carbons (Fsp3) is 0.188. The van der Waals surface area contributed by atoms with Crippen molar-refractivity contribution in [3.05, 3.63) is 112 Å². The van der Waals surface area contributed by atoms with Crippen LogP contribution in [0.5, 0.6) is 11.6 Å². The highest BCUT2D eigenvalue weighted by atomic mass is 79.9. The molecule has 0 radical (unpaired) electrons. The zero-order valence-electron chi connectivity index (χ0n) is 24.2. The molecular formula is C32H30Br2Cl2N6O3. The minimum atomic E-state index is -0.333. The molecule has 4 heterocycles. The van der Waals surface area contributed by atoms with Gasteiger partial charge in [0.15, 0.2) is 0 Å². The lowest BCUT2D eigenvalue weighted by Gasteiger charge is -2.34. The third kappa shape index (κ3) is 8.03. The van der Waals surface area contributed by atoms with Crippen LogP contribution in [0.2, 0.25) is 10.0 Å². The van der Waals surface area contributed by atoms with Crippen LogP contribution in [0.15, 0.2) is 85.2 Å². The van der Waals surface area contributed by atoms with E-state index in [4.69, 9.17) is 27.9 Å². The van der Waals surface area contributed by atoms with E-state index < -0.39 is 0 Å². The summed E-state index contributed by atoms with van der Waals surface area (Å²) < 4.78 is 7.89. The molecule has 1 fully saturated rings. The van der Waals surface area contributed by atoms with Crippen LogP contribution >= 0.6 is 57.2 Å². The summed E-state index contributed by atoms with van der Waals surface area (Å²) in [5.41, 5.74) is 3.42. The Morgan fingerprint density at radius 3 is 2.38 bits per heavy atom. The number of pyridine rings is 2. The van der Waals surface area contributed by atoms with Gasteiger partial charge >= 0.3 is 0 Å². The number of hydrogen-bond donors (Lipinski definition) is 1. The van der Waals surface area contributed by atoms with E-state index in [1.165, 1.54) is 12.3 Å². The third-order valence-corrected chi connectivity index (χ3v) is 8.14. The number of rotatable bonds is 7. The summed E-state index contributed by atoms with van der Waals surface area (Å²) in [6, 6.07) is 21.6. The summed E-state index contributed by atoms with van der Waals surface area (Å²) in [5.74, 6) is 0.621. The molecule has 0 bridgehead atoms. The van der Waals surface area contributed by atoms with Crippen LogP contribution in [0.3, 0.4) is 0 Å². The predicted molar refractivity (Wildman–Crippen MR) is 188 cm³/mol. The smallest absolute Gasteiger partial charge is 0.270 e. The molecule has 6 rings (SSSR count). The minimum absolute atomic E-state index is 0. The van der Waals surface area contributed by atoms with Crippen molar-refractivity contribution < 1.29 is 14.3 Å². The van der Waals surface area contributed by atoms with Crippen molar-refractivity contribution in [3.63, 3.8) is 0 Å². The molecule has 0 atom stereocenters. The fourth-order valence-electron chi connectivity index (χ4n) is 5.05. The van der Waals surface area contributed by atoms with Gasteiger partial charge in [-0.25, -0.2) is 4.98 Å². The van der Waals surface area contributed by atoms with Crippen LogP contribution in [0.25, 0.3) is 10.9 Å². The minimum Gasteiger partial charge on any atom is -0.439 e. The van der Waals surface area contributed by atoms with Gasteiger partial charge in [0.1, 0.15) is 11.4 Å². The number of aromatic nitrogens is 3. The van der Waals surface area contributed by atoms with Crippen LogP contribution in [0.4, 0.5) is 5.69 Å². The molecule has 3 aromatic heterocycles. The average Bonchev–Trinajstić information content (AvgIpc) is 3.35. The molecule has 5 aromatic rings. The summed E-state index contributed by atoms with van der Waals surface area (Å²) in [5, 5.41) is 4.41. The van der Waals surface area contributed by atoms with E-state index in [0.717, 1.165) is 36.2 Å². The number of aryl methyl sites for hydroxylation is 1. The highest BCUT2D eigenvalue weighted by molar-refractivity contribution is 8.93. The summed E-state index contributed by atoms with van der Waals surface area (Å²) in [6.45, 7) is 3.71. The SMILES string of the molecule is Br.Br.Cn1c(C(=O)N2CCN(Cc3ccccn3)CC2)cc2ccc(Oc3ccc(NC(=O)c4ccc(Cl)c(Cl)c4)cn3)cc21. The Morgan fingerprint density at radius 1 is 0.889 bits per heavy atom. The Bertz CT molecular complexity index is 1800. The summed E-state index contributed by atoms with van der Waals surface area (Å²) in [4.78, 5) is 39.0. The van der Waals surface area contributed by atoms with Crippen molar-refractivity contribution >= 4 is 85.6 Å². The number of fused-ring (bicyclic) bond motifs is 1. The molecule has 1 aliphatic rings. The first-order valence-electron chi connectivity index (χ1n) is 13.8. The number of hydrogen-bond acceptors (Lipinski definition) is 6. The van der Waals surface area contributed by atoms with E-state index in [1.807, 2.05) is 59.0 Å². The quantitative estimate of drug-likeness (QED) is 0.185. The van der Waals surface area contributed by atoms with E-state index in [0.29, 0.717) is 51.7 Å².